The number of aromatic nitrogens is 2. The number of halogens is 1. The lowest BCUT2D eigenvalue weighted by molar-refractivity contribution is 0.251. The summed E-state index contributed by atoms with van der Waals surface area (Å²) in [4.78, 5) is 15.6. The number of hydrogen-bond donors (Lipinski definition) is 3. The van der Waals surface area contributed by atoms with E-state index < -0.39 is 0 Å². The lowest BCUT2D eigenvalue weighted by Gasteiger charge is -2.19. The van der Waals surface area contributed by atoms with Crippen molar-refractivity contribution in [1.82, 2.24) is 15.5 Å². The Morgan fingerprint density at radius 1 is 1.18 bits per heavy atom. The van der Waals surface area contributed by atoms with Crippen LogP contribution in [-0.4, -0.2) is 22.7 Å². The lowest BCUT2D eigenvalue weighted by Crippen LogP contribution is -2.32. The third-order valence-electron chi connectivity index (χ3n) is 4.61. The van der Waals surface area contributed by atoms with Crippen molar-refractivity contribution < 1.29 is 9.32 Å². The standard InChI is InChI=1S/C21H19ClN4O2/c1-13-10-20(26-28-13)25-21(27)24-12-16(14-6-2-4-8-18(14)22)17-11-23-19-9-5-3-7-15(17)19/h2-11,16,23H,12H2,1H3,(H2,24,25,26,27)/t16-/m1/s1. The summed E-state index contributed by atoms with van der Waals surface area (Å²) in [5.41, 5.74) is 3.06. The van der Waals surface area contributed by atoms with Crippen LogP contribution in [0.4, 0.5) is 10.6 Å². The predicted molar refractivity (Wildman–Crippen MR) is 110 cm³/mol. The fourth-order valence-electron chi connectivity index (χ4n) is 3.31. The Hall–Kier alpha value is -3.25. The molecule has 6 nitrogen and oxygen atoms in total. The molecule has 0 radical (unpaired) electrons. The number of nitrogens with one attached hydrogen (secondary N) is 3. The van der Waals surface area contributed by atoms with Crippen molar-refractivity contribution in [2.75, 3.05) is 11.9 Å². The fourth-order valence-corrected chi connectivity index (χ4v) is 3.58. The van der Waals surface area contributed by atoms with Gasteiger partial charge in [-0.1, -0.05) is 53.2 Å². The number of aryl methyl sites for hydroxylation is 1. The van der Waals surface area contributed by atoms with Crippen LogP contribution in [0, 0.1) is 6.92 Å². The Morgan fingerprint density at radius 3 is 2.75 bits per heavy atom. The molecule has 1 atom stereocenters. The number of fused-ring (bicyclic) bond motifs is 1. The number of aromatic amines is 1. The number of H-pyrrole nitrogens is 1. The first-order chi connectivity index (χ1) is 13.6. The van der Waals surface area contributed by atoms with Gasteiger partial charge in [0, 0.05) is 40.7 Å². The first-order valence-corrected chi connectivity index (χ1v) is 9.28. The SMILES string of the molecule is Cc1cc(NC(=O)NC[C@H](c2ccccc2Cl)c2c[nH]c3ccccc23)no1. The summed E-state index contributed by atoms with van der Waals surface area (Å²) in [5, 5.41) is 11.1. The summed E-state index contributed by atoms with van der Waals surface area (Å²) in [6, 6.07) is 17.0. The Labute approximate surface area is 166 Å². The number of para-hydroxylation sites is 1. The smallest absolute Gasteiger partial charge is 0.320 e. The molecule has 2 heterocycles. The number of carbonyl (C=O) groups is 1. The first kappa shape index (κ1) is 18.1. The molecular weight excluding hydrogens is 376 g/mol. The van der Waals surface area contributed by atoms with E-state index in [2.05, 4.69) is 26.8 Å². The van der Waals surface area contributed by atoms with E-state index in [4.69, 9.17) is 16.1 Å². The molecule has 0 saturated carbocycles. The van der Waals surface area contributed by atoms with Crippen LogP contribution in [0.15, 0.2) is 65.3 Å². The van der Waals surface area contributed by atoms with Crippen LogP contribution in [0.5, 0.6) is 0 Å². The van der Waals surface area contributed by atoms with Gasteiger partial charge in [-0.15, -0.1) is 0 Å². The molecule has 0 spiro atoms. The summed E-state index contributed by atoms with van der Waals surface area (Å²) < 4.78 is 4.97. The predicted octanol–water partition coefficient (Wildman–Crippen LogP) is 5.07. The molecule has 2 aromatic carbocycles. The van der Waals surface area contributed by atoms with Crippen molar-refractivity contribution in [3.05, 3.63) is 82.7 Å². The maximum absolute atomic E-state index is 12.3. The number of amides is 2. The molecule has 0 aliphatic rings. The number of anilines is 1. The molecule has 4 rings (SSSR count). The van der Waals surface area contributed by atoms with Gasteiger partial charge in [-0.25, -0.2) is 4.79 Å². The van der Waals surface area contributed by atoms with E-state index in [1.165, 1.54) is 0 Å². The molecule has 2 aromatic heterocycles. The Morgan fingerprint density at radius 2 is 1.96 bits per heavy atom. The summed E-state index contributed by atoms with van der Waals surface area (Å²) in [5.74, 6) is 0.883. The quantitative estimate of drug-likeness (QED) is 0.441. The number of hydrogen-bond acceptors (Lipinski definition) is 3. The highest BCUT2D eigenvalue weighted by Crippen LogP contribution is 2.34. The highest BCUT2D eigenvalue weighted by molar-refractivity contribution is 6.31. The van der Waals surface area contributed by atoms with Gasteiger partial charge >= 0.3 is 6.03 Å². The van der Waals surface area contributed by atoms with Crippen molar-refractivity contribution >= 4 is 34.4 Å². The normalized spacial score (nSPS) is 12.1. The highest BCUT2D eigenvalue weighted by atomic mass is 35.5. The molecule has 7 heteroatoms. The monoisotopic (exact) mass is 394 g/mol. The average molecular weight is 395 g/mol. The molecule has 2 amide bonds. The molecule has 0 aliphatic heterocycles. The minimum absolute atomic E-state index is 0.116. The van der Waals surface area contributed by atoms with Crippen molar-refractivity contribution in [1.29, 1.82) is 0 Å². The van der Waals surface area contributed by atoms with E-state index in [-0.39, 0.29) is 11.9 Å². The average Bonchev–Trinajstić information content (AvgIpc) is 3.30. The van der Waals surface area contributed by atoms with Gasteiger partial charge in [0.2, 0.25) is 0 Å². The van der Waals surface area contributed by atoms with E-state index in [0.29, 0.717) is 23.1 Å². The van der Waals surface area contributed by atoms with Crippen molar-refractivity contribution in [2.24, 2.45) is 0 Å². The minimum Gasteiger partial charge on any atom is -0.361 e. The zero-order valence-corrected chi connectivity index (χ0v) is 16.0. The Balaban J connectivity index is 1.60. The van der Waals surface area contributed by atoms with Crippen LogP contribution in [0.1, 0.15) is 22.8 Å². The van der Waals surface area contributed by atoms with Gasteiger partial charge in [-0.3, -0.25) is 5.32 Å². The summed E-state index contributed by atoms with van der Waals surface area (Å²) >= 11 is 6.47. The molecule has 0 unspecified atom stereocenters. The van der Waals surface area contributed by atoms with E-state index in [1.807, 2.05) is 48.7 Å². The molecule has 0 bridgehead atoms. The number of nitrogens with zero attached hydrogens (tertiary/aromatic N) is 1. The number of rotatable bonds is 5. The highest BCUT2D eigenvalue weighted by Gasteiger charge is 2.21. The van der Waals surface area contributed by atoms with Gasteiger partial charge in [0.15, 0.2) is 5.82 Å². The van der Waals surface area contributed by atoms with E-state index in [9.17, 15) is 4.79 Å². The van der Waals surface area contributed by atoms with Crippen molar-refractivity contribution in [2.45, 2.75) is 12.8 Å². The van der Waals surface area contributed by atoms with Gasteiger partial charge < -0.3 is 14.8 Å². The van der Waals surface area contributed by atoms with Crippen LogP contribution < -0.4 is 10.6 Å². The second-order valence-electron chi connectivity index (χ2n) is 6.52. The Kier molecular flexibility index (Phi) is 5.04. The molecule has 142 valence electrons. The molecule has 28 heavy (non-hydrogen) atoms. The van der Waals surface area contributed by atoms with E-state index in [0.717, 1.165) is 22.0 Å². The topological polar surface area (TPSA) is 83.0 Å². The summed E-state index contributed by atoms with van der Waals surface area (Å²) in [7, 11) is 0. The van der Waals surface area contributed by atoms with Crippen molar-refractivity contribution in [3.63, 3.8) is 0 Å². The van der Waals surface area contributed by atoms with E-state index in [1.54, 1.807) is 13.0 Å². The molecule has 3 N–H and O–H groups in total. The molecule has 0 saturated heterocycles. The van der Waals surface area contributed by atoms with Crippen molar-refractivity contribution in [3.8, 4) is 0 Å². The van der Waals surface area contributed by atoms with Gasteiger partial charge in [-0.05, 0) is 30.2 Å². The van der Waals surface area contributed by atoms with Gasteiger partial charge in [-0.2, -0.15) is 0 Å². The lowest BCUT2D eigenvalue weighted by atomic mass is 9.91. The molecule has 4 aromatic rings. The maximum Gasteiger partial charge on any atom is 0.320 e. The summed E-state index contributed by atoms with van der Waals surface area (Å²) in [6.07, 6.45) is 1.97. The second-order valence-corrected chi connectivity index (χ2v) is 6.93. The first-order valence-electron chi connectivity index (χ1n) is 8.90. The van der Waals surface area contributed by atoms with Crippen LogP contribution in [0.3, 0.4) is 0 Å². The summed E-state index contributed by atoms with van der Waals surface area (Å²) in [6.45, 7) is 2.13. The number of benzene rings is 2. The molecule has 0 aliphatic carbocycles. The third-order valence-corrected chi connectivity index (χ3v) is 4.96. The molecule has 0 fully saturated rings. The Bertz CT molecular complexity index is 1120. The van der Waals surface area contributed by atoms with Gasteiger partial charge in [0.05, 0.1) is 0 Å². The van der Waals surface area contributed by atoms with Crippen LogP contribution in [0.25, 0.3) is 10.9 Å². The van der Waals surface area contributed by atoms with Gasteiger partial charge in [0.25, 0.3) is 0 Å². The number of carbonyl (C=O) groups excluding carboxylic acids is 1. The van der Waals surface area contributed by atoms with E-state index >= 15 is 0 Å². The zero-order valence-electron chi connectivity index (χ0n) is 15.2. The van der Waals surface area contributed by atoms with Crippen LogP contribution >= 0.6 is 11.6 Å². The van der Waals surface area contributed by atoms with Gasteiger partial charge in [0.1, 0.15) is 5.76 Å². The fraction of sp³-hybridized carbons (Fsp3) is 0.143. The van der Waals surface area contributed by atoms with Crippen LogP contribution in [0.2, 0.25) is 5.02 Å². The zero-order chi connectivity index (χ0) is 19.5. The largest absolute Gasteiger partial charge is 0.361 e. The third kappa shape index (κ3) is 3.73. The minimum atomic E-state index is -0.356. The number of urea groups is 1. The molecular formula is C21H19ClN4O2. The second kappa shape index (κ2) is 7.78. The maximum atomic E-state index is 12.3. The van der Waals surface area contributed by atoms with Crippen LogP contribution in [-0.2, 0) is 0 Å².